The van der Waals surface area contributed by atoms with E-state index in [1.54, 1.807) is 0 Å². The standard InChI is InChI=1S/C10H11N3/c1-7(11)13-8(2)12-9-5-3-4-6-10(9)13/h3-6H,1,11H2,2H3. The van der Waals surface area contributed by atoms with Gasteiger partial charge in [-0.1, -0.05) is 18.7 Å². The first kappa shape index (κ1) is 7.86. The van der Waals surface area contributed by atoms with E-state index in [0.29, 0.717) is 5.82 Å². The summed E-state index contributed by atoms with van der Waals surface area (Å²) in [6.45, 7) is 5.62. The van der Waals surface area contributed by atoms with E-state index >= 15 is 0 Å². The van der Waals surface area contributed by atoms with Crippen LogP contribution in [0.1, 0.15) is 5.82 Å². The minimum Gasteiger partial charge on any atom is -0.385 e. The van der Waals surface area contributed by atoms with E-state index in [0.717, 1.165) is 16.9 Å². The molecule has 0 atom stereocenters. The number of rotatable bonds is 1. The highest BCUT2D eigenvalue weighted by Gasteiger charge is 2.05. The molecule has 0 saturated heterocycles. The van der Waals surface area contributed by atoms with Crippen LogP contribution in [-0.2, 0) is 0 Å². The quantitative estimate of drug-likeness (QED) is 0.713. The second kappa shape index (κ2) is 2.62. The van der Waals surface area contributed by atoms with Crippen molar-refractivity contribution in [2.45, 2.75) is 6.92 Å². The Morgan fingerprint density at radius 2 is 2.15 bits per heavy atom. The fourth-order valence-corrected chi connectivity index (χ4v) is 1.51. The third kappa shape index (κ3) is 1.09. The molecule has 1 aromatic heterocycles. The van der Waals surface area contributed by atoms with Gasteiger partial charge in [0.1, 0.15) is 11.6 Å². The third-order valence-electron chi connectivity index (χ3n) is 2.02. The van der Waals surface area contributed by atoms with E-state index < -0.39 is 0 Å². The first-order valence-corrected chi connectivity index (χ1v) is 4.09. The lowest BCUT2D eigenvalue weighted by Crippen LogP contribution is -2.05. The van der Waals surface area contributed by atoms with Crippen molar-refractivity contribution < 1.29 is 0 Å². The van der Waals surface area contributed by atoms with Gasteiger partial charge in [0.05, 0.1) is 11.0 Å². The molecule has 0 aliphatic heterocycles. The summed E-state index contributed by atoms with van der Waals surface area (Å²) in [5, 5.41) is 0. The molecule has 0 unspecified atom stereocenters. The first-order valence-electron chi connectivity index (χ1n) is 4.09. The van der Waals surface area contributed by atoms with Gasteiger partial charge in [-0.15, -0.1) is 0 Å². The van der Waals surface area contributed by atoms with Crippen molar-refractivity contribution in [3.8, 4) is 0 Å². The summed E-state index contributed by atoms with van der Waals surface area (Å²) in [7, 11) is 0. The summed E-state index contributed by atoms with van der Waals surface area (Å²) >= 11 is 0. The maximum atomic E-state index is 5.65. The molecule has 13 heavy (non-hydrogen) atoms. The number of benzene rings is 1. The van der Waals surface area contributed by atoms with Crippen LogP contribution in [-0.4, -0.2) is 9.55 Å². The number of nitrogens with zero attached hydrogens (tertiary/aromatic N) is 2. The zero-order valence-corrected chi connectivity index (χ0v) is 7.49. The topological polar surface area (TPSA) is 43.8 Å². The fraction of sp³-hybridized carbons (Fsp3) is 0.100. The summed E-state index contributed by atoms with van der Waals surface area (Å²) in [5.74, 6) is 1.37. The van der Waals surface area contributed by atoms with Crippen molar-refractivity contribution >= 4 is 16.9 Å². The van der Waals surface area contributed by atoms with Crippen LogP contribution in [0.2, 0.25) is 0 Å². The smallest absolute Gasteiger partial charge is 0.112 e. The molecule has 0 aliphatic carbocycles. The number of imidazole rings is 1. The normalized spacial score (nSPS) is 10.5. The van der Waals surface area contributed by atoms with E-state index in [-0.39, 0.29) is 0 Å². The largest absolute Gasteiger partial charge is 0.385 e. The van der Waals surface area contributed by atoms with Gasteiger partial charge in [-0.2, -0.15) is 0 Å². The Labute approximate surface area is 76.5 Å². The number of fused-ring (bicyclic) bond motifs is 1. The van der Waals surface area contributed by atoms with Crippen LogP contribution in [0.5, 0.6) is 0 Å². The second-order valence-electron chi connectivity index (χ2n) is 2.97. The average molecular weight is 173 g/mol. The zero-order chi connectivity index (χ0) is 9.42. The molecule has 1 aromatic carbocycles. The second-order valence-corrected chi connectivity index (χ2v) is 2.97. The van der Waals surface area contributed by atoms with Crippen LogP contribution in [0.4, 0.5) is 0 Å². The van der Waals surface area contributed by atoms with Crippen LogP contribution in [0.15, 0.2) is 30.8 Å². The number of para-hydroxylation sites is 2. The van der Waals surface area contributed by atoms with Crippen LogP contribution < -0.4 is 5.73 Å². The molecule has 0 saturated carbocycles. The monoisotopic (exact) mass is 173 g/mol. The van der Waals surface area contributed by atoms with Crippen molar-refractivity contribution in [2.24, 2.45) is 5.73 Å². The van der Waals surface area contributed by atoms with Gasteiger partial charge in [-0.25, -0.2) is 4.98 Å². The molecule has 3 nitrogen and oxygen atoms in total. The van der Waals surface area contributed by atoms with Crippen molar-refractivity contribution in [2.75, 3.05) is 0 Å². The molecule has 66 valence electrons. The molecular weight excluding hydrogens is 162 g/mol. The Balaban J connectivity index is 2.86. The molecule has 0 bridgehead atoms. The van der Waals surface area contributed by atoms with Gasteiger partial charge < -0.3 is 5.73 Å². The number of nitrogens with two attached hydrogens (primary N) is 1. The SMILES string of the molecule is C=C(N)n1c(C)nc2ccccc21. The zero-order valence-electron chi connectivity index (χ0n) is 7.49. The van der Waals surface area contributed by atoms with E-state index in [2.05, 4.69) is 11.6 Å². The lowest BCUT2D eigenvalue weighted by atomic mass is 10.3. The molecule has 0 aliphatic rings. The lowest BCUT2D eigenvalue weighted by molar-refractivity contribution is 1.01. The molecule has 3 heteroatoms. The number of aryl methyl sites for hydroxylation is 1. The third-order valence-corrected chi connectivity index (χ3v) is 2.02. The molecule has 0 radical (unpaired) electrons. The summed E-state index contributed by atoms with van der Waals surface area (Å²) in [6.07, 6.45) is 0. The van der Waals surface area contributed by atoms with Crippen LogP contribution in [0.25, 0.3) is 16.9 Å². The maximum Gasteiger partial charge on any atom is 0.112 e. The van der Waals surface area contributed by atoms with Gasteiger partial charge in [0, 0.05) is 0 Å². The molecule has 2 rings (SSSR count). The fourth-order valence-electron chi connectivity index (χ4n) is 1.51. The summed E-state index contributed by atoms with van der Waals surface area (Å²) in [4.78, 5) is 4.36. The number of aromatic nitrogens is 2. The lowest BCUT2D eigenvalue weighted by Gasteiger charge is -2.03. The van der Waals surface area contributed by atoms with Gasteiger partial charge in [-0.05, 0) is 19.1 Å². The predicted octanol–water partition coefficient (Wildman–Crippen LogP) is 1.73. The highest BCUT2D eigenvalue weighted by Crippen LogP contribution is 2.16. The Bertz CT molecular complexity index is 468. The predicted molar refractivity (Wildman–Crippen MR) is 54.0 cm³/mol. The maximum absolute atomic E-state index is 5.65. The van der Waals surface area contributed by atoms with Crippen LogP contribution in [0.3, 0.4) is 0 Å². The number of hydrogen-bond acceptors (Lipinski definition) is 2. The van der Waals surface area contributed by atoms with E-state index in [1.807, 2.05) is 35.8 Å². The van der Waals surface area contributed by atoms with E-state index in [9.17, 15) is 0 Å². The Kier molecular flexibility index (Phi) is 1.59. The minimum absolute atomic E-state index is 0.506. The van der Waals surface area contributed by atoms with E-state index in [1.165, 1.54) is 0 Å². The molecule has 0 spiro atoms. The summed E-state index contributed by atoms with van der Waals surface area (Å²) in [6, 6.07) is 7.86. The van der Waals surface area contributed by atoms with Crippen LogP contribution >= 0.6 is 0 Å². The first-order chi connectivity index (χ1) is 6.20. The number of hydrogen-bond donors (Lipinski definition) is 1. The van der Waals surface area contributed by atoms with Gasteiger partial charge in [-0.3, -0.25) is 4.57 Å². The molecular formula is C10H11N3. The van der Waals surface area contributed by atoms with E-state index in [4.69, 9.17) is 5.73 Å². The Hall–Kier alpha value is -1.77. The van der Waals surface area contributed by atoms with Gasteiger partial charge in [0.15, 0.2) is 0 Å². The van der Waals surface area contributed by atoms with Crippen LogP contribution in [0, 0.1) is 6.92 Å². The van der Waals surface area contributed by atoms with Crippen molar-refractivity contribution in [3.63, 3.8) is 0 Å². The Morgan fingerprint density at radius 1 is 1.46 bits per heavy atom. The summed E-state index contributed by atoms with van der Waals surface area (Å²) in [5.41, 5.74) is 7.61. The van der Waals surface area contributed by atoms with Crippen molar-refractivity contribution in [1.29, 1.82) is 0 Å². The highest BCUT2D eigenvalue weighted by molar-refractivity contribution is 5.79. The highest BCUT2D eigenvalue weighted by atomic mass is 15.1. The molecule has 2 N–H and O–H groups in total. The molecule has 2 aromatic rings. The summed E-state index contributed by atoms with van der Waals surface area (Å²) < 4.78 is 1.84. The minimum atomic E-state index is 0.506. The molecule has 0 fully saturated rings. The van der Waals surface area contributed by atoms with Crippen molar-refractivity contribution in [3.05, 3.63) is 36.7 Å². The van der Waals surface area contributed by atoms with Gasteiger partial charge in [0.2, 0.25) is 0 Å². The van der Waals surface area contributed by atoms with Crippen molar-refractivity contribution in [1.82, 2.24) is 9.55 Å². The average Bonchev–Trinajstić information content (AvgIpc) is 2.39. The molecule has 0 amide bonds. The van der Waals surface area contributed by atoms with Gasteiger partial charge >= 0.3 is 0 Å². The van der Waals surface area contributed by atoms with Gasteiger partial charge in [0.25, 0.3) is 0 Å². The molecule has 1 heterocycles. The Morgan fingerprint density at radius 3 is 2.85 bits per heavy atom.